The Balaban J connectivity index is 0.000000952. The summed E-state index contributed by atoms with van der Waals surface area (Å²) in [4.78, 5) is 22.9. The van der Waals surface area contributed by atoms with Gasteiger partial charge >= 0.3 is 5.97 Å². The van der Waals surface area contributed by atoms with Gasteiger partial charge in [0.1, 0.15) is 5.75 Å². The first-order chi connectivity index (χ1) is 11.5. The number of aromatic hydroxyl groups is 1. The number of carboxylic acids is 1. The summed E-state index contributed by atoms with van der Waals surface area (Å²) in [6, 6.07) is 12.1. The minimum absolute atomic E-state index is 0.0568. The Hall–Kier alpha value is -3.26. The molecule has 0 saturated heterocycles. The van der Waals surface area contributed by atoms with E-state index < -0.39 is 11.9 Å². The van der Waals surface area contributed by atoms with Gasteiger partial charge in [0.15, 0.2) is 0 Å². The molecule has 0 saturated carbocycles. The maximum Gasteiger partial charge on any atom is 0.337 e. The van der Waals surface area contributed by atoms with Crippen LogP contribution in [-0.2, 0) is 0 Å². The maximum absolute atomic E-state index is 11.9. The third-order valence-electron chi connectivity index (χ3n) is 2.52. The number of anilines is 1. The first kappa shape index (κ1) is 20.7. The van der Waals surface area contributed by atoms with Crippen LogP contribution in [0.15, 0.2) is 48.5 Å². The number of carbonyl (C=O) groups excluding carboxylic acids is 1. The second-order valence-corrected chi connectivity index (χ2v) is 4.56. The fourth-order valence-electron chi connectivity index (χ4n) is 1.61. The molecule has 0 spiro atoms. The number of phenols is 1. The number of aromatic carboxylic acids is 1. The van der Waals surface area contributed by atoms with Crippen molar-refractivity contribution in [1.82, 2.24) is 0 Å². The smallest absolute Gasteiger partial charge is 0.337 e. The normalized spacial score (nSPS) is 8.67. The Labute approximate surface area is 142 Å². The van der Waals surface area contributed by atoms with Crippen LogP contribution in [0.1, 0.15) is 41.0 Å². The number of carbonyl (C=O) groups is 2. The summed E-state index contributed by atoms with van der Waals surface area (Å²) in [6.45, 7) is 4.25. The maximum atomic E-state index is 11.9. The minimum atomic E-state index is -1.18. The fourth-order valence-corrected chi connectivity index (χ4v) is 1.61. The van der Waals surface area contributed by atoms with Crippen molar-refractivity contribution in [3.8, 4) is 18.6 Å². The lowest BCUT2D eigenvalue weighted by Gasteiger charge is -2.08. The molecule has 0 aliphatic carbocycles. The lowest BCUT2D eigenvalue weighted by molar-refractivity contribution is 0.0698. The molecule has 5 heteroatoms. The van der Waals surface area contributed by atoms with Crippen molar-refractivity contribution < 1.29 is 19.8 Å². The predicted octanol–water partition coefficient (Wildman–Crippen LogP) is 4.01. The van der Waals surface area contributed by atoms with E-state index in [9.17, 15) is 14.7 Å². The van der Waals surface area contributed by atoms with Crippen molar-refractivity contribution in [2.75, 3.05) is 5.32 Å². The van der Waals surface area contributed by atoms with Crippen molar-refractivity contribution in [3.63, 3.8) is 0 Å². The second-order valence-electron chi connectivity index (χ2n) is 4.56. The number of hydrogen-bond donors (Lipinski definition) is 3. The molecule has 0 aromatic heterocycles. The van der Waals surface area contributed by atoms with Crippen LogP contribution in [0.5, 0.6) is 5.75 Å². The van der Waals surface area contributed by atoms with E-state index in [1.807, 2.05) is 0 Å². The van der Waals surface area contributed by atoms with Crippen molar-refractivity contribution in [1.29, 1.82) is 0 Å². The Bertz CT molecular complexity index is 678. The number of nitrogens with one attached hydrogen (secondary N) is 1. The summed E-state index contributed by atoms with van der Waals surface area (Å²) in [5.74, 6) is -1.73. The molecule has 2 aromatic carbocycles. The van der Waals surface area contributed by atoms with E-state index in [2.05, 4.69) is 32.0 Å². The molecule has 0 unspecified atom stereocenters. The summed E-state index contributed by atoms with van der Waals surface area (Å²) >= 11 is 0. The van der Waals surface area contributed by atoms with Crippen LogP contribution in [0.4, 0.5) is 5.69 Å². The van der Waals surface area contributed by atoms with E-state index in [1.165, 1.54) is 24.6 Å². The molecule has 24 heavy (non-hydrogen) atoms. The molecule has 2 aromatic rings. The molecule has 0 atom stereocenters. The molecule has 0 bridgehead atoms. The molecule has 0 fully saturated rings. The fraction of sp³-hybridized carbons (Fsp3) is 0.158. The van der Waals surface area contributed by atoms with Crippen molar-refractivity contribution in [2.45, 2.75) is 20.3 Å². The van der Waals surface area contributed by atoms with Gasteiger partial charge in [0, 0.05) is 11.6 Å². The molecule has 0 aliphatic rings. The second kappa shape index (κ2) is 11.3. The van der Waals surface area contributed by atoms with Gasteiger partial charge in [0.25, 0.3) is 5.91 Å². The molecule has 2 rings (SSSR count). The highest BCUT2D eigenvalue weighted by atomic mass is 16.4. The topological polar surface area (TPSA) is 86.6 Å². The molecule has 0 heterocycles. The van der Waals surface area contributed by atoms with Crippen molar-refractivity contribution in [2.24, 2.45) is 0 Å². The van der Waals surface area contributed by atoms with Gasteiger partial charge in [-0.1, -0.05) is 38.5 Å². The van der Waals surface area contributed by atoms with Crippen LogP contribution in [0.3, 0.4) is 0 Å². The van der Waals surface area contributed by atoms with Gasteiger partial charge in [0.05, 0.1) is 11.3 Å². The van der Waals surface area contributed by atoms with Crippen LogP contribution in [0.2, 0.25) is 0 Å². The summed E-state index contributed by atoms with van der Waals surface area (Å²) in [5, 5.41) is 20.8. The average Bonchev–Trinajstić information content (AvgIpc) is 2.58. The number of terminal acetylenes is 1. The quantitative estimate of drug-likeness (QED) is 0.743. The van der Waals surface area contributed by atoms with E-state index in [4.69, 9.17) is 5.11 Å². The van der Waals surface area contributed by atoms with Crippen LogP contribution in [0.25, 0.3) is 0 Å². The Morgan fingerprint density at radius 3 is 2.08 bits per heavy atom. The number of rotatable bonds is 3. The van der Waals surface area contributed by atoms with Crippen LogP contribution in [0, 0.1) is 12.8 Å². The number of hydrogen-bond acceptors (Lipinski definition) is 3. The highest BCUT2D eigenvalue weighted by Crippen LogP contribution is 2.22. The molecule has 126 valence electrons. The molecule has 0 aliphatic heterocycles. The average molecular weight is 327 g/mol. The first-order valence-electron chi connectivity index (χ1n) is 7.25. The van der Waals surface area contributed by atoms with E-state index in [0.29, 0.717) is 5.56 Å². The largest absolute Gasteiger partial charge is 0.508 e. The summed E-state index contributed by atoms with van der Waals surface area (Å²) in [5.41, 5.74) is 0.380. The number of benzene rings is 2. The zero-order valence-electron chi connectivity index (χ0n) is 13.7. The highest BCUT2D eigenvalue weighted by Gasteiger charge is 2.14. The third kappa shape index (κ3) is 6.67. The van der Waals surface area contributed by atoms with E-state index >= 15 is 0 Å². The van der Waals surface area contributed by atoms with Gasteiger partial charge < -0.3 is 15.5 Å². The summed E-state index contributed by atoms with van der Waals surface area (Å²) in [7, 11) is 0. The summed E-state index contributed by atoms with van der Waals surface area (Å²) < 4.78 is 0. The zero-order valence-corrected chi connectivity index (χ0v) is 13.7. The Morgan fingerprint density at radius 1 is 1.04 bits per heavy atom. The Morgan fingerprint density at radius 2 is 1.58 bits per heavy atom. The van der Waals surface area contributed by atoms with Crippen molar-refractivity contribution in [3.05, 3.63) is 59.7 Å². The van der Waals surface area contributed by atoms with Crippen LogP contribution < -0.4 is 5.32 Å². The van der Waals surface area contributed by atoms with Crippen molar-refractivity contribution >= 4 is 17.6 Å². The van der Waals surface area contributed by atoms with Gasteiger partial charge in [-0.15, -0.1) is 12.8 Å². The highest BCUT2D eigenvalue weighted by molar-refractivity contribution is 6.07. The monoisotopic (exact) mass is 327 g/mol. The van der Waals surface area contributed by atoms with Gasteiger partial charge in [-0.25, -0.2) is 4.79 Å². The van der Waals surface area contributed by atoms with Gasteiger partial charge in [-0.05, 0) is 24.3 Å². The van der Waals surface area contributed by atoms with Crippen LogP contribution >= 0.6 is 0 Å². The van der Waals surface area contributed by atoms with E-state index in [1.54, 1.807) is 30.3 Å². The molecule has 5 nitrogen and oxygen atoms in total. The SMILES string of the molecule is C#C.CCC.O=C(Nc1cc(O)ccc1C(=O)O)c1ccccc1. The molecular weight excluding hydrogens is 306 g/mol. The third-order valence-corrected chi connectivity index (χ3v) is 2.52. The van der Waals surface area contributed by atoms with E-state index in [-0.39, 0.29) is 17.0 Å². The zero-order chi connectivity index (χ0) is 18.5. The molecule has 1 amide bonds. The van der Waals surface area contributed by atoms with Gasteiger partial charge in [-0.3, -0.25) is 4.79 Å². The predicted molar refractivity (Wildman–Crippen MR) is 95.3 cm³/mol. The molecule has 0 radical (unpaired) electrons. The molecule has 3 N–H and O–H groups in total. The number of phenolic OH excluding ortho intramolecular Hbond substituents is 1. The molecular formula is C19H21NO4. The number of amides is 1. The van der Waals surface area contributed by atoms with Crippen LogP contribution in [-0.4, -0.2) is 22.1 Å². The minimum Gasteiger partial charge on any atom is -0.508 e. The standard InChI is InChI=1S/C14H11NO4.C3H8.C2H2/c16-10-6-7-11(14(18)19)12(8-10)15-13(17)9-4-2-1-3-5-9;1-3-2;1-2/h1-8,16H,(H,15,17)(H,18,19);3H2,1-2H3;1-2H. The summed E-state index contributed by atoms with van der Waals surface area (Å²) in [6.07, 6.45) is 9.25. The van der Waals surface area contributed by atoms with E-state index in [0.717, 1.165) is 0 Å². The lowest BCUT2D eigenvalue weighted by atomic mass is 10.1. The number of carboxylic acid groups (broad SMARTS) is 1. The van der Waals surface area contributed by atoms with Gasteiger partial charge in [0.2, 0.25) is 0 Å². The Kier molecular flexibility index (Phi) is 9.79. The lowest BCUT2D eigenvalue weighted by Crippen LogP contribution is -2.14. The first-order valence-corrected chi connectivity index (χ1v) is 7.25. The van der Waals surface area contributed by atoms with Gasteiger partial charge in [-0.2, -0.15) is 0 Å².